The summed E-state index contributed by atoms with van der Waals surface area (Å²) in [5.74, 6) is -4.76. The Morgan fingerprint density at radius 3 is 2.08 bits per heavy atom. The Morgan fingerprint density at radius 1 is 0.917 bits per heavy atom. The molecule has 0 saturated heterocycles. The molecule has 0 bridgehead atoms. The highest BCUT2D eigenvalue weighted by atomic mass is 16.4. The number of rotatable bonds is 14. The van der Waals surface area contributed by atoms with E-state index in [1.54, 1.807) is 30.3 Å². The summed E-state index contributed by atoms with van der Waals surface area (Å²) < 4.78 is 0. The van der Waals surface area contributed by atoms with Crippen LogP contribution in [0.4, 0.5) is 0 Å². The summed E-state index contributed by atoms with van der Waals surface area (Å²) in [6, 6.07) is 3.15. The fourth-order valence-corrected chi connectivity index (χ4v) is 3.20. The number of H-pyrrole nitrogens is 1. The van der Waals surface area contributed by atoms with Gasteiger partial charge in [0.2, 0.25) is 23.6 Å². The number of hydrogen-bond acceptors (Lipinski definition) is 8. The number of amides is 4. The van der Waals surface area contributed by atoms with Crippen LogP contribution in [0.5, 0.6) is 0 Å². The van der Waals surface area contributed by atoms with Crippen molar-refractivity contribution in [2.24, 2.45) is 11.5 Å². The van der Waals surface area contributed by atoms with Crippen LogP contribution in [0.3, 0.4) is 0 Å². The molecule has 0 spiro atoms. The Morgan fingerprint density at radius 2 is 1.53 bits per heavy atom. The summed E-state index contributed by atoms with van der Waals surface area (Å²) in [5, 5.41) is 26.2. The lowest BCUT2D eigenvalue weighted by molar-refractivity contribution is -0.142. The zero-order chi connectivity index (χ0) is 26.7. The van der Waals surface area contributed by atoms with E-state index >= 15 is 0 Å². The van der Waals surface area contributed by atoms with Gasteiger partial charge in [0.25, 0.3) is 0 Å². The summed E-state index contributed by atoms with van der Waals surface area (Å²) in [6.07, 6.45) is 2.20. The van der Waals surface area contributed by atoms with E-state index in [1.807, 2.05) is 0 Å². The van der Waals surface area contributed by atoms with Crippen LogP contribution in [-0.4, -0.2) is 80.6 Å². The average molecular weight is 504 g/mol. The highest BCUT2D eigenvalue weighted by molar-refractivity contribution is 5.95. The van der Waals surface area contributed by atoms with Crippen LogP contribution in [-0.2, 0) is 36.8 Å². The number of benzene rings is 1. The van der Waals surface area contributed by atoms with Crippen molar-refractivity contribution in [2.45, 2.75) is 43.4 Å². The molecule has 2 rings (SSSR count). The van der Waals surface area contributed by atoms with Crippen molar-refractivity contribution in [2.75, 3.05) is 6.61 Å². The maximum Gasteiger partial charge on any atom is 0.326 e. The van der Waals surface area contributed by atoms with E-state index < -0.39 is 66.8 Å². The summed E-state index contributed by atoms with van der Waals surface area (Å²) in [7, 11) is 0. The standard InChI is InChI=1S/C22H29N7O7/c23-14(8-18(24)31)19(32)27-15(7-13-9-25-11-26-13)20(33)29-17(10-30)21(34)28-16(22(35)36)6-12-4-2-1-3-5-12/h1-5,9,11,14-17,30H,6-8,10,23H2,(H2,24,31)(H,25,26)(H,27,32)(H,28,34)(H,29,33)(H,35,36). The maximum atomic E-state index is 12.9. The highest BCUT2D eigenvalue weighted by Gasteiger charge is 2.30. The number of aromatic nitrogens is 2. The van der Waals surface area contributed by atoms with Crippen LogP contribution >= 0.6 is 0 Å². The smallest absolute Gasteiger partial charge is 0.326 e. The van der Waals surface area contributed by atoms with Crippen molar-refractivity contribution in [3.05, 3.63) is 54.1 Å². The van der Waals surface area contributed by atoms with Gasteiger partial charge < -0.3 is 42.6 Å². The molecule has 14 nitrogen and oxygen atoms in total. The second-order valence-corrected chi connectivity index (χ2v) is 7.95. The van der Waals surface area contributed by atoms with E-state index in [-0.39, 0.29) is 12.8 Å². The van der Waals surface area contributed by atoms with E-state index in [9.17, 15) is 34.2 Å². The van der Waals surface area contributed by atoms with Gasteiger partial charge in [-0.15, -0.1) is 0 Å². The molecule has 0 fully saturated rings. The van der Waals surface area contributed by atoms with E-state index in [2.05, 4.69) is 25.9 Å². The largest absolute Gasteiger partial charge is 0.480 e. The van der Waals surface area contributed by atoms with Gasteiger partial charge >= 0.3 is 5.97 Å². The van der Waals surface area contributed by atoms with Gasteiger partial charge in [-0.2, -0.15) is 0 Å². The van der Waals surface area contributed by atoms with Gasteiger partial charge in [-0.3, -0.25) is 19.2 Å². The minimum absolute atomic E-state index is 0.0235. The van der Waals surface area contributed by atoms with Crippen LogP contribution in [0, 0.1) is 0 Å². The molecule has 0 saturated carbocycles. The topological polar surface area (TPSA) is 243 Å². The van der Waals surface area contributed by atoms with E-state index in [1.165, 1.54) is 12.5 Å². The van der Waals surface area contributed by atoms with Crippen molar-refractivity contribution < 1.29 is 34.2 Å². The highest BCUT2D eigenvalue weighted by Crippen LogP contribution is 2.05. The number of nitrogens with one attached hydrogen (secondary N) is 4. The zero-order valence-corrected chi connectivity index (χ0v) is 19.2. The lowest BCUT2D eigenvalue weighted by Gasteiger charge is -2.24. The van der Waals surface area contributed by atoms with Gasteiger partial charge in [-0.25, -0.2) is 9.78 Å². The number of imidazole rings is 1. The molecule has 2 aromatic rings. The first-order valence-electron chi connectivity index (χ1n) is 10.9. The molecule has 0 aliphatic rings. The Labute approximate surface area is 205 Å². The van der Waals surface area contributed by atoms with E-state index in [0.29, 0.717) is 11.3 Å². The monoisotopic (exact) mass is 503 g/mol. The lowest BCUT2D eigenvalue weighted by atomic mass is 10.1. The van der Waals surface area contributed by atoms with Crippen molar-refractivity contribution in [1.29, 1.82) is 0 Å². The van der Waals surface area contributed by atoms with Crippen LogP contribution < -0.4 is 27.4 Å². The van der Waals surface area contributed by atoms with Crippen molar-refractivity contribution in [3.63, 3.8) is 0 Å². The molecule has 1 heterocycles. The normalized spacial score (nSPS) is 14.1. The molecule has 4 unspecified atom stereocenters. The molecule has 14 heteroatoms. The number of aliphatic hydroxyl groups is 1. The number of carbonyl (C=O) groups is 5. The number of hydrogen-bond donors (Lipinski definition) is 8. The third-order valence-corrected chi connectivity index (χ3v) is 5.08. The fourth-order valence-electron chi connectivity index (χ4n) is 3.20. The first kappa shape index (κ1) is 27.9. The second kappa shape index (κ2) is 13.6. The third-order valence-electron chi connectivity index (χ3n) is 5.08. The van der Waals surface area contributed by atoms with Gasteiger partial charge in [0.15, 0.2) is 0 Å². The SMILES string of the molecule is NC(=O)CC(N)C(=O)NC(Cc1cnc[nH]1)C(=O)NC(CO)C(=O)NC(Cc1ccccc1)C(=O)O. The van der Waals surface area contributed by atoms with Gasteiger partial charge in [-0.1, -0.05) is 30.3 Å². The Bertz CT molecular complexity index is 1050. The fraction of sp³-hybridized carbons (Fsp3) is 0.364. The molecular weight excluding hydrogens is 474 g/mol. The molecule has 194 valence electrons. The minimum Gasteiger partial charge on any atom is -0.480 e. The zero-order valence-electron chi connectivity index (χ0n) is 19.2. The number of aromatic amines is 1. The summed E-state index contributed by atoms with van der Waals surface area (Å²) in [6.45, 7) is -0.846. The molecule has 1 aromatic heterocycles. The van der Waals surface area contributed by atoms with Crippen molar-refractivity contribution in [1.82, 2.24) is 25.9 Å². The second-order valence-electron chi connectivity index (χ2n) is 7.95. The van der Waals surface area contributed by atoms with Gasteiger partial charge in [0.05, 0.1) is 25.4 Å². The van der Waals surface area contributed by atoms with Crippen molar-refractivity contribution in [3.8, 4) is 0 Å². The van der Waals surface area contributed by atoms with Gasteiger partial charge in [0, 0.05) is 24.7 Å². The molecule has 1 aromatic carbocycles. The Balaban J connectivity index is 2.10. The Hall–Kier alpha value is -4.30. The van der Waals surface area contributed by atoms with Gasteiger partial charge in [-0.05, 0) is 5.56 Å². The Kier molecular flexibility index (Phi) is 10.5. The van der Waals surface area contributed by atoms with Crippen LogP contribution in [0.1, 0.15) is 17.7 Å². The van der Waals surface area contributed by atoms with Crippen LogP contribution in [0.25, 0.3) is 0 Å². The molecule has 0 radical (unpaired) electrons. The van der Waals surface area contributed by atoms with Crippen LogP contribution in [0.15, 0.2) is 42.9 Å². The predicted molar refractivity (Wildman–Crippen MR) is 125 cm³/mol. The molecule has 10 N–H and O–H groups in total. The molecule has 0 aliphatic heterocycles. The van der Waals surface area contributed by atoms with E-state index in [0.717, 1.165) is 0 Å². The number of carboxylic acids is 1. The average Bonchev–Trinajstić information content (AvgIpc) is 3.34. The quantitative estimate of drug-likeness (QED) is 0.130. The number of carbonyl (C=O) groups excluding carboxylic acids is 4. The first-order valence-corrected chi connectivity index (χ1v) is 10.9. The lowest BCUT2D eigenvalue weighted by Crippen LogP contribution is -2.59. The number of aliphatic carboxylic acids is 1. The van der Waals surface area contributed by atoms with Gasteiger partial charge in [0.1, 0.15) is 18.1 Å². The predicted octanol–water partition coefficient (Wildman–Crippen LogP) is -3.07. The number of carboxylic acid groups (broad SMARTS) is 1. The molecule has 0 aliphatic carbocycles. The number of aliphatic hydroxyl groups excluding tert-OH is 1. The number of nitrogens with two attached hydrogens (primary N) is 2. The molecule has 4 amide bonds. The van der Waals surface area contributed by atoms with Crippen molar-refractivity contribution >= 4 is 29.6 Å². The molecule has 4 atom stereocenters. The van der Waals surface area contributed by atoms with Crippen LogP contribution in [0.2, 0.25) is 0 Å². The minimum atomic E-state index is -1.52. The number of nitrogens with zero attached hydrogens (tertiary/aromatic N) is 1. The number of primary amides is 1. The third kappa shape index (κ3) is 8.81. The summed E-state index contributed by atoms with van der Waals surface area (Å²) in [4.78, 5) is 67.3. The summed E-state index contributed by atoms with van der Waals surface area (Å²) in [5.41, 5.74) is 11.8. The molecule has 36 heavy (non-hydrogen) atoms. The van der Waals surface area contributed by atoms with E-state index in [4.69, 9.17) is 11.5 Å². The maximum absolute atomic E-state index is 12.9. The first-order chi connectivity index (χ1) is 17.1. The molecular formula is C22H29N7O7. The summed E-state index contributed by atoms with van der Waals surface area (Å²) >= 11 is 0.